The van der Waals surface area contributed by atoms with E-state index in [0.29, 0.717) is 19.0 Å². The van der Waals surface area contributed by atoms with Gasteiger partial charge in [0.15, 0.2) is 0 Å². The fraction of sp³-hybridized carbons (Fsp3) is 0.632. The Bertz CT molecular complexity index is 652. The van der Waals surface area contributed by atoms with E-state index in [0.717, 1.165) is 37.2 Å². The van der Waals surface area contributed by atoms with Crippen molar-refractivity contribution in [1.29, 1.82) is 0 Å². The van der Waals surface area contributed by atoms with Crippen LogP contribution in [0.5, 0.6) is 0 Å². The molecule has 2 saturated heterocycles. The van der Waals surface area contributed by atoms with Crippen LogP contribution in [0.2, 0.25) is 0 Å². The third-order valence-corrected chi connectivity index (χ3v) is 5.05. The highest BCUT2D eigenvalue weighted by molar-refractivity contribution is 5.69. The number of amides is 1. The second-order valence-corrected chi connectivity index (χ2v) is 8.07. The van der Waals surface area contributed by atoms with Crippen molar-refractivity contribution in [2.75, 3.05) is 24.5 Å². The molecular weight excluding hydrogens is 345 g/mol. The minimum Gasteiger partial charge on any atom is -0.444 e. The summed E-state index contributed by atoms with van der Waals surface area (Å²) in [6.07, 6.45) is -2.76. The van der Waals surface area contributed by atoms with Gasteiger partial charge in [-0.3, -0.25) is 0 Å². The molecular formula is C19H25F3N2O2. The Morgan fingerprint density at radius 3 is 2.27 bits per heavy atom. The number of halogens is 3. The molecule has 4 nitrogen and oxygen atoms in total. The molecule has 0 saturated carbocycles. The molecule has 0 N–H and O–H groups in total. The Balaban J connectivity index is 1.71. The molecule has 0 aromatic heterocycles. The molecule has 1 aromatic carbocycles. The van der Waals surface area contributed by atoms with Crippen LogP contribution in [0.15, 0.2) is 24.3 Å². The quantitative estimate of drug-likeness (QED) is 0.728. The van der Waals surface area contributed by atoms with Crippen LogP contribution in [-0.4, -0.2) is 42.3 Å². The van der Waals surface area contributed by atoms with E-state index in [1.165, 1.54) is 12.1 Å². The van der Waals surface area contributed by atoms with E-state index in [2.05, 4.69) is 4.90 Å². The Hall–Kier alpha value is -1.92. The Labute approximate surface area is 151 Å². The molecule has 0 radical (unpaired) electrons. The lowest BCUT2D eigenvalue weighted by molar-refractivity contribution is -0.137. The number of ether oxygens (including phenoxy) is 1. The number of hydrogen-bond acceptors (Lipinski definition) is 3. The second kappa shape index (κ2) is 6.67. The highest BCUT2D eigenvalue weighted by Crippen LogP contribution is 2.36. The second-order valence-electron chi connectivity index (χ2n) is 8.07. The van der Waals surface area contributed by atoms with E-state index in [-0.39, 0.29) is 12.1 Å². The first kappa shape index (κ1) is 18.9. The number of nitrogens with zero attached hydrogens (tertiary/aromatic N) is 2. The van der Waals surface area contributed by atoms with Gasteiger partial charge in [0.05, 0.1) is 11.6 Å². The number of fused-ring (bicyclic) bond motifs is 1. The van der Waals surface area contributed by atoms with Crippen LogP contribution in [0.25, 0.3) is 0 Å². The van der Waals surface area contributed by atoms with Crippen molar-refractivity contribution >= 4 is 11.8 Å². The normalized spacial score (nSPS) is 23.8. The number of alkyl halides is 3. The molecule has 0 bridgehead atoms. The van der Waals surface area contributed by atoms with Crippen LogP contribution in [0.3, 0.4) is 0 Å². The third kappa shape index (κ3) is 4.07. The van der Waals surface area contributed by atoms with Crippen LogP contribution in [0.1, 0.15) is 39.2 Å². The summed E-state index contributed by atoms with van der Waals surface area (Å²) in [4.78, 5) is 16.3. The topological polar surface area (TPSA) is 32.8 Å². The average molecular weight is 370 g/mol. The van der Waals surface area contributed by atoms with Gasteiger partial charge >= 0.3 is 12.3 Å². The van der Waals surface area contributed by atoms with Crippen LogP contribution >= 0.6 is 0 Å². The first-order chi connectivity index (χ1) is 12.0. The highest BCUT2D eigenvalue weighted by atomic mass is 19.4. The van der Waals surface area contributed by atoms with Crippen molar-refractivity contribution < 1.29 is 22.7 Å². The molecule has 144 valence electrons. The molecule has 26 heavy (non-hydrogen) atoms. The minimum absolute atomic E-state index is 0.0425. The standard InChI is InChI=1S/C19H25F3N2O2/c1-18(2,3)26-17(25)24-11-9-13-8-10-23(12-16(13)24)15-6-4-14(5-7-15)19(20,21)22/h4-7,13,16H,8-12H2,1-3H3. The van der Waals surface area contributed by atoms with Crippen molar-refractivity contribution in [3.8, 4) is 0 Å². The van der Waals surface area contributed by atoms with E-state index < -0.39 is 17.3 Å². The van der Waals surface area contributed by atoms with Crippen molar-refractivity contribution in [3.05, 3.63) is 29.8 Å². The predicted molar refractivity (Wildman–Crippen MR) is 93.1 cm³/mol. The van der Waals surface area contributed by atoms with Gasteiger partial charge in [0.2, 0.25) is 0 Å². The van der Waals surface area contributed by atoms with Gasteiger partial charge in [-0.05, 0) is 63.8 Å². The van der Waals surface area contributed by atoms with Crippen molar-refractivity contribution in [2.24, 2.45) is 5.92 Å². The molecule has 7 heteroatoms. The third-order valence-electron chi connectivity index (χ3n) is 5.05. The van der Waals surface area contributed by atoms with Crippen molar-refractivity contribution in [1.82, 2.24) is 4.90 Å². The Kier molecular flexibility index (Phi) is 4.84. The fourth-order valence-electron chi connectivity index (χ4n) is 3.78. The maximum atomic E-state index is 12.7. The zero-order valence-electron chi connectivity index (χ0n) is 15.3. The summed E-state index contributed by atoms with van der Waals surface area (Å²) in [6.45, 7) is 7.60. The van der Waals surface area contributed by atoms with Gasteiger partial charge in [0, 0.05) is 25.3 Å². The van der Waals surface area contributed by atoms with Crippen LogP contribution in [-0.2, 0) is 10.9 Å². The maximum absolute atomic E-state index is 12.7. The van der Waals surface area contributed by atoms with E-state index in [1.54, 1.807) is 4.90 Å². The van der Waals surface area contributed by atoms with Crippen LogP contribution < -0.4 is 4.90 Å². The molecule has 0 aliphatic carbocycles. The molecule has 2 atom stereocenters. The molecule has 2 fully saturated rings. The van der Waals surface area contributed by atoms with Crippen molar-refractivity contribution in [2.45, 2.75) is 51.4 Å². The number of likely N-dealkylation sites (tertiary alicyclic amines) is 1. The van der Waals surface area contributed by atoms with Gasteiger partial charge in [-0.15, -0.1) is 0 Å². The summed E-state index contributed by atoms with van der Waals surface area (Å²) in [6, 6.07) is 5.29. The van der Waals surface area contributed by atoms with Gasteiger partial charge in [-0.2, -0.15) is 13.2 Å². The largest absolute Gasteiger partial charge is 0.444 e. The number of carbonyl (C=O) groups is 1. The van der Waals surface area contributed by atoms with E-state index in [4.69, 9.17) is 4.74 Å². The lowest BCUT2D eigenvalue weighted by Crippen LogP contribution is -2.51. The average Bonchev–Trinajstić information content (AvgIpc) is 2.95. The summed E-state index contributed by atoms with van der Waals surface area (Å²) in [5, 5.41) is 0. The number of anilines is 1. The summed E-state index contributed by atoms with van der Waals surface area (Å²) in [7, 11) is 0. The van der Waals surface area contributed by atoms with Gasteiger partial charge < -0.3 is 14.5 Å². The van der Waals surface area contributed by atoms with Crippen molar-refractivity contribution in [3.63, 3.8) is 0 Å². The van der Waals surface area contributed by atoms with E-state index in [9.17, 15) is 18.0 Å². The maximum Gasteiger partial charge on any atom is 0.416 e. The van der Waals surface area contributed by atoms with Gasteiger partial charge in [0.1, 0.15) is 5.60 Å². The molecule has 2 heterocycles. The molecule has 2 aliphatic heterocycles. The Morgan fingerprint density at radius 1 is 1.08 bits per heavy atom. The zero-order chi connectivity index (χ0) is 19.1. The van der Waals surface area contributed by atoms with E-state index in [1.807, 2.05) is 20.8 Å². The highest BCUT2D eigenvalue weighted by Gasteiger charge is 2.42. The Morgan fingerprint density at radius 2 is 1.69 bits per heavy atom. The lowest BCUT2D eigenvalue weighted by Gasteiger charge is -2.40. The molecule has 0 spiro atoms. The van der Waals surface area contributed by atoms with Gasteiger partial charge in [-0.25, -0.2) is 4.79 Å². The summed E-state index contributed by atoms with van der Waals surface area (Å²) < 4.78 is 43.7. The van der Waals surface area contributed by atoms with Gasteiger partial charge in [0.25, 0.3) is 0 Å². The smallest absolute Gasteiger partial charge is 0.416 e. The molecule has 2 aliphatic rings. The van der Waals surface area contributed by atoms with Gasteiger partial charge in [-0.1, -0.05) is 0 Å². The number of benzene rings is 1. The first-order valence-electron chi connectivity index (χ1n) is 8.96. The minimum atomic E-state index is -4.33. The molecule has 1 aromatic rings. The number of piperidine rings is 1. The fourth-order valence-corrected chi connectivity index (χ4v) is 3.78. The summed E-state index contributed by atoms with van der Waals surface area (Å²) >= 11 is 0. The molecule has 2 unspecified atom stereocenters. The molecule has 3 rings (SSSR count). The van der Waals surface area contributed by atoms with Crippen LogP contribution in [0.4, 0.5) is 23.7 Å². The lowest BCUT2D eigenvalue weighted by atomic mass is 9.92. The number of carbonyl (C=O) groups excluding carboxylic acids is 1. The summed E-state index contributed by atoms with van der Waals surface area (Å²) in [5.74, 6) is 0.424. The SMILES string of the molecule is CC(C)(C)OC(=O)N1CCC2CCN(c3ccc(C(F)(F)F)cc3)CC21. The molecule has 1 amide bonds. The van der Waals surface area contributed by atoms with Crippen LogP contribution in [0, 0.1) is 5.92 Å². The predicted octanol–water partition coefficient (Wildman–Crippen LogP) is 4.54. The summed E-state index contributed by atoms with van der Waals surface area (Å²) in [5.41, 5.74) is -0.434. The number of hydrogen-bond donors (Lipinski definition) is 0. The zero-order valence-corrected chi connectivity index (χ0v) is 15.3. The monoisotopic (exact) mass is 370 g/mol. The number of rotatable bonds is 1. The van der Waals surface area contributed by atoms with E-state index >= 15 is 0 Å². The first-order valence-corrected chi connectivity index (χ1v) is 8.96.